The van der Waals surface area contributed by atoms with Gasteiger partial charge < -0.3 is 16.0 Å². The number of benzene rings is 1. The molecule has 0 aliphatic carbocycles. The van der Waals surface area contributed by atoms with E-state index in [-0.39, 0.29) is 6.04 Å². The molecule has 2 aliphatic heterocycles. The van der Waals surface area contributed by atoms with Gasteiger partial charge in [0.05, 0.1) is 17.4 Å². The molecule has 1 atom stereocenters. The lowest BCUT2D eigenvalue weighted by Crippen LogP contribution is -2.37. The fourth-order valence-corrected chi connectivity index (χ4v) is 3.09. The van der Waals surface area contributed by atoms with Crippen molar-refractivity contribution in [3.05, 3.63) is 95.1 Å². The molecular weight excluding hydrogens is 282 g/mol. The van der Waals surface area contributed by atoms with Crippen LogP contribution >= 0.6 is 0 Å². The van der Waals surface area contributed by atoms with Crippen molar-refractivity contribution in [3.8, 4) is 0 Å². The first kappa shape index (κ1) is 15.2. The molecule has 1 aromatic carbocycles. The Bertz CT molecular complexity index is 721. The summed E-state index contributed by atoms with van der Waals surface area (Å²) in [6.07, 6.45) is 12.4. The van der Waals surface area contributed by atoms with Crippen molar-refractivity contribution in [2.75, 3.05) is 6.54 Å². The molecule has 2 heterocycles. The van der Waals surface area contributed by atoms with Gasteiger partial charge >= 0.3 is 0 Å². The van der Waals surface area contributed by atoms with E-state index in [0.29, 0.717) is 0 Å². The number of hydrogen-bond acceptors (Lipinski definition) is 3. The number of nitrogens with one attached hydrogen (secondary N) is 1. The van der Waals surface area contributed by atoms with Crippen LogP contribution in [-0.2, 0) is 0 Å². The fourth-order valence-electron chi connectivity index (χ4n) is 3.09. The maximum atomic E-state index is 6.59. The van der Waals surface area contributed by atoms with Crippen LogP contribution in [0.5, 0.6) is 0 Å². The lowest BCUT2D eigenvalue weighted by molar-refractivity contribution is 0.430. The highest BCUT2D eigenvalue weighted by molar-refractivity contribution is 5.50. The van der Waals surface area contributed by atoms with Crippen molar-refractivity contribution in [1.82, 2.24) is 10.2 Å². The number of rotatable bonds is 3. The molecule has 0 bridgehead atoms. The van der Waals surface area contributed by atoms with E-state index in [1.54, 1.807) is 0 Å². The maximum absolute atomic E-state index is 6.59. The second kappa shape index (κ2) is 6.61. The minimum atomic E-state index is 0.0568. The summed E-state index contributed by atoms with van der Waals surface area (Å²) in [5.41, 5.74) is 11.9. The molecule has 2 aliphatic rings. The summed E-state index contributed by atoms with van der Waals surface area (Å²) >= 11 is 0. The van der Waals surface area contributed by atoms with Gasteiger partial charge in [0.1, 0.15) is 0 Å². The van der Waals surface area contributed by atoms with Crippen molar-refractivity contribution >= 4 is 0 Å². The molecule has 3 heteroatoms. The van der Waals surface area contributed by atoms with E-state index in [1.165, 1.54) is 5.56 Å². The molecule has 3 N–H and O–H groups in total. The number of hydrogen-bond donors (Lipinski definition) is 2. The van der Waals surface area contributed by atoms with Crippen LogP contribution < -0.4 is 11.1 Å². The molecule has 0 fully saturated rings. The molecule has 0 saturated carbocycles. The van der Waals surface area contributed by atoms with Crippen LogP contribution in [-0.4, -0.2) is 11.4 Å². The third-order valence-corrected chi connectivity index (χ3v) is 4.20. The average molecular weight is 305 g/mol. The van der Waals surface area contributed by atoms with Gasteiger partial charge in [-0.25, -0.2) is 0 Å². The Hall–Kier alpha value is -2.68. The normalized spacial score (nSPS) is 21.3. The summed E-state index contributed by atoms with van der Waals surface area (Å²) in [6, 6.07) is 10.5. The summed E-state index contributed by atoms with van der Waals surface area (Å²) in [4.78, 5) is 2.22. The van der Waals surface area contributed by atoms with Gasteiger partial charge in [-0.05, 0) is 25.5 Å². The fraction of sp³-hybridized carbons (Fsp3) is 0.200. The van der Waals surface area contributed by atoms with E-state index in [0.717, 1.165) is 29.2 Å². The molecule has 3 rings (SSSR count). The molecule has 1 aromatic rings. The molecule has 0 spiro atoms. The largest absolute Gasteiger partial charge is 0.397 e. The molecular formula is C20H23N3. The Morgan fingerprint density at radius 1 is 1.22 bits per heavy atom. The Balaban J connectivity index is 2.11. The Morgan fingerprint density at radius 2 is 2.00 bits per heavy atom. The van der Waals surface area contributed by atoms with E-state index < -0.39 is 0 Å². The van der Waals surface area contributed by atoms with Crippen LogP contribution in [0.1, 0.15) is 25.5 Å². The molecule has 0 radical (unpaired) electrons. The van der Waals surface area contributed by atoms with E-state index in [9.17, 15) is 0 Å². The first-order valence-corrected chi connectivity index (χ1v) is 7.97. The predicted octanol–water partition coefficient (Wildman–Crippen LogP) is 3.74. The van der Waals surface area contributed by atoms with E-state index >= 15 is 0 Å². The number of allylic oxidation sites excluding steroid dienone is 5. The monoisotopic (exact) mass is 305 g/mol. The van der Waals surface area contributed by atoms with Crippen LogP contribution in [0.2, 0.25) is 0 Å². The standard InChI is InChI=1S/C20H23N3/c1-3-10-17-15(2)22-19(16-11-6-4-7-12-16)20(18(17)21)23-13-8-5-9-14-23/h3-13,19,22H,14,21H2,1-2H3/b10-3-. The zero-order chi connectivity index (χ0) is 16.2. The highest BCUT2D eigenvalue weighted by Crippen LogP contribution is 2.35. The summed E-state index contributed by atoms with van der Waals surface area (Å²) in [7, 11) is 0. The third-order valence-electron chi connectivity index (χ3n) is 4.20. The Kier molecular flexibility index (Phi) is 4.38. The molecule has 3 nitrogen and oxygen atoms in total. The molecule has 0 saturated heterocycles. The summed E-state index contributed by atoms with van der Waals surface area (Å²) in [6.45, 7) is 4.93. The average Bonchev–Trinajstić information content (AvgIpc) is 2.59. The first-order chi connectivity index (χ1) is 11.2. The van der Waals surface area contributed by atoms with Gasteiger partial charge in [-0.3, -0.25) is 0 Å². The molecule has 1 unspecified atom stereocenters. The van der Waals surface area contributed by atoms with Gasteiger partial charge in [-0.1, -0.05) is 54.6 Å². The van der Waals surface area contributed by atoms with Gasteiger partial charge in [0, 0.05) is 24.0 Å². The molecule has 23 heavy (non-hydrogen) atoms. The topological polar surface area (TPSA) is 41.3 Å². The van der Waals surface area contributed by atoms with Crippen molar-refractivity contribution in [3.63, 3.8) is 0 Å². The SMILES string of the molecule is C/C=C\C1=C(C)NC(c2ccccc2)C(N2C=CC=CC2)=C1N. The summed E-state index contributed by atoms with van der Waals surface area (Å²) < 4.78 is 0. The van der Waals surface area contributed by atoms with E-state index in [4.69, 9.17) is 5.73 Å². The van der Waals surface area contributed by atoms with Crippen molar-refractivity contribution in [1.29, 1.82) is 0 Å². The van der Waals surface area contributed by atoms with Gasteiger partial charge in [-0.2, -0.15) is 0 Å². The second-order valence-corrected chi connectivity index (χ2v) is 5.75. The number of dihydropyridines is 1. The molecule has 0 amide bonds. The first-order valence-electron chi connectivity index (χ1n) is 7.97. The van der Waals surface area contributed by atoms with Crippen molar-refractivity contribution in [2.45, 2.75) is 19.9 Å². The van der Waals surface area contributed by atoms with Gasteiger partial charge in [0.25, 0.3) is 0 Å². The summed E-state index contributed by atoms with van der Waals surface area (Å²) in [5.74, 6) is 0. The molecule has 118 valence electrons. The number of nitrogens with two attached hydrogens (primary N) is 1. The highest BCUT2D eigenvalue weighted by atomic mass is 15.2. The van der Waals surface area contributed by atoms with Crippen molar-refractivity contribution in [2.24, 2.45) is 5.73 Å². The predicted molar refractivity (Wildman–Crippen MR) is 96.0 cm³/mol. The van der Waals surface area contributed by atoms with Crippen LogP contribution in [0.3, 0.4) is 0 Å². The van der Waals surface area contributed by atoms with Gasteiger partial charge in [0.15, 0.2) is 0 Å². The second-order valence-electron chi connectivity index (χ2n) is 5.75. The highest BCUT2D eigenvalue weighted by Gasteiger charge is 2.29. The Labute approximate surface area is 138 Å². The van der Waals surface area contributed by atoms with Gasteiger partial charge in [0.2, 0.25) is 0 Å². The van der Waals surface area contributed by atoms with Gasteiger partial charge in [-0.15, -0.1) is 0 Å². The molecule has 0 aromatic heterocycles. The zero-order valence-corrected chi connectivity index (χ0v) is 13.7. The quantitative estimate of drug-likeness (QED) is 0.894. The Morgan fingerprint density at radius 3 is 2.65 bits per heavy atom. The minimum Gasteiger partial charge on any atom is -0.397 e. The van der Waals surface area contributed by atoms with Crippen LogP contribution in [0.15, 0.2) is 89.6 Å². The minimum absolute atomic E-state index is 0.0568. The van der Waals surface area contributed by atoms with E-state index in [1.807, 2.05) is 25.1 Å². The van der Waals surface area contributed by atoms with E-state index in [2.05, 4.69) is 65.8 Å². The zero-order valence-electron chi connectivity index (χ0n) is 13.7. The summed E-state index contributed by atoms with van der Waals surface area (Å²) in [5, 5.41) is 3.64. The van der Waals surface area contributed by atoms with Crippen LogP contribution in [0.25, 0.3) is 0 Å². The smallest absolute Gasteiger partial charge is 0.0939 e. The lowest BCUT2D eigenvalue weighted by atomic mass is 9.93. The van der Waals surface area contributed by atoms with Crippen LogP contribution in [0, 0.1) is 0 Å². The maximum Gasteiger partial charge on any atom is 0.0939 e. The lowest BCUT2D eigenvalue weighted by Gasteiger charge is -2.37. The van der Waals surface area contributed by atoms with Crippen molar-refractivity contribution < 1.29 is 0 Å². The number of nitrogens with zero attached hydrogens (tertiary/aromatic N) is 1. The van der Waals surface area contributed by atoms with Crippen LogP contribution in [0.4, 0.5) is 0 Å². The third kappa shape index (κ3) is 2.95.